The third kappa shape index (κ3) is 3.28. The van der Waals surface area contributed by atoms with Crippen molar-refractivity contribution in [1.29, 1.82) is 0 Å². The fourth-order valence-corrected chi connectivity index (χ4v) is 3.47. The Morgan fingerprint density at radius 3 is 2.81 bits per heavy atom. The topological polar surface area (TPSA) is 64.4 Å². The van der Waals surface area contributed by atoms with Crippen molar-refractivity contribution < 1.29 is 14.1 Å². The number of rotatable bonds is 4. The summed E-state index contributed by atoms with van der Waals surface area (Å²) in [5, 5.41) is 6.92. The number of nitrogens with zero attached hydrogens (tertiary/aromatic N) is 1. The lowest BCUT2D eigenvalue weighted by Crippen LogP contribution is -2.34. The third-order valence-electron chi connectivity index (χ3n) is 4.92. The summed E-state index contributed by atoms with van der Waals surface area (Å²) in [6.45, 7) is 4.45. The maximum atomic E-state index is 12.4. The minimum atomic E-state index is -0.0501. The molecule has 116 valence electrons. The number of hydrogen-bond acceptors (Lipinski definition) is 4. The predicted octanol–water partition coefficient (Wildman–Crippen LogP) is 2.88. The van der Waals surface area contributed by atoms with Gasteiger partial charge in [-0.2, -0.15) is 0 Å². The number of hydrogen-bond donors (Lipinski definition) is 1. The standard InChI is InChI=1S/C16H24N2O3/c1-16(6-2-3-7-16)11-17-15(19)13-10-18-21-14(13)12-4-8-20-9-5-12/h10,12H,2-9,11H2,1H3,(H,17,19). The van der Waals surface area contributed by atoms with Crippen molar-refractivity contribution in [3.63, 3.8) is 0 Å². The summed E-state index contributed by atoms with van der Waals surface area (Å²) < 4.78 is 10.7. The van der Waals surface area contributed by atoms with Crippen LogP contribution in [0.4, 0.5) is 0 Å². The quantitative estimate of drug-likeness (QED) is 0.926. The van der Waals surface area contributed by atoms with Gasteiger partial charge in [-0.3, -0.25) is 4.79 Å². The fraction of sp³-hybridized carbons (Fsp3) is 0.750. The highest BCUT2D eigenvalue weighted by Crippen LogP contribution is 2.37. The number of aromatic nitrogens is 1. The fourth-order valence-electron chi connectivity index (χ4n) is 3.47. The Balaban J connectivity index is 1.63. The summed E-state index contributed by atoms with van der Waals surface area (Å²) >= 11 is 0. The second-order valence-electron chi connectivity index (χ2n) is 6.69. The zero-order valence-electron chi connectivity index (χ0n) is 12.7. The molecule has 1 aliphatic heterocycles. The summed E-state index contributed by atoms with van der Waals surface area (Å²) in [4.78, 5) is 12.4. The van der Waals surface area contributed by atoms with Crippen molar-refractivity contribution in [3.05, 3.63) is 17.5 Å². The maximum absolute atomic E-state index is 12.4. The lowest BCUT2D eigenvalue weighted by Gasteiger charge is -2.24. The zero-order valence-corrected chi connectivity index (χ0v) is 12.7. The highest BCUT2D eigenvalue weighted by Gasteiger charge is 2.31. The van der Waals surface area contributed by atoms with Crippen LogP contribution in [0.15, 0.2) is 10.7 Å². The monoisotopic (exact) mass is 292 g/mol. The van der Waals surface area contributed by atoms with E-state index in [2.05, 4.69) is 17.4 Å². The van der Waals surface area contributed by atoms with Crippen molar-refractivity contribution in [2.24, 2.45) is 5.41 Å². The molecule has 2 aliphatic rings. The van der Waals surface area contributed by atoms with Crippen LogP contribution in [-0.2, 0) is 4.74 Å². The first-order valence-electron chi connectivity index (χ1n) is 7.98. The average molecular weight is 292 g/mol. The molecule has 5 nitrogen and oxygen atoms in total. The largest absolute Gasteiger partial charge is 0.381 e. The van der Waals surface area contributed by atoms with Gasteiger partial charge in [0.1, 0.15) is 5.56 Å². The highest BCUT2D eigenvalue weighted by molar-refractivity contribution is 5.95. The summed E-state index contributed by atoms with van der Waals surface area (Å²) in [6.07, 6.45) is 8.28. The molecular formula is C16H24N2O3. The zero-order chi connectivity index (χ0) is 14.7. The van der Waals surface area contributed by atoms with Crippen LogP contribution >= 0.6 is 0 Å². The van der Waals surface area contributed by atoms with Crippen LogP contribution in [0.3, 0.4) is 0 Å². The first-order valence-corrected chi connectivity index (χ1v) is 7.98. The SMILES string of the molecule is CC1(CNC(=O)c2cnoc2C2CCOCC2)CCCC1. The molecule has 0 unspecified atom stereocenters. The van der Waals surface area contributed by atoms with Gasteiger partial charge in [-0.05, 0) is 31.1 Å². The van der Waals surface area contributed by atoms with E-state index in [4.69, 9.17) is 9.26 Å². The molecule has 5 heteroatoms. The van der Waals surface area contributed by atoms with Crippen LogP contribution in [0.5, 0.6) is 0 Å². The van der Waals surface area contributed by atoms with Crippen molar-refractivity contribution >= 4 is 5.91 Å². The summed E-state index contributed by atoms with van der Waals surface area (Å²) in [5.74, 6) is 0.933. The van der Waals surface area contributed by atoms with Crippen LogP contribution in [0.2, 0.25) is 0 Å². The molecule has 1 saturated carbocycles. The van der Waals surface area contributed by atoms with E-state index in [0.29, 0.717) is 5.56 Å². The highest BCUT2D eigenvalue weighted by atomic mass is 16.5. The normalized spacial score (nSPS) is 22.3. The van der Waals surface area contributed by atoms with Crippen molar-refractivity contribution in [3.8, 4) is 0 Å². The van der Waals surface area contributed by atoms with E-state index in [9.17, 15) is 4.79 Å². The molecule has 21 heavy (non-hydrogen) atoms. The van der Waals surface area contributed by atoms with Gasteiger partial charge in [0.05, 0.1) is 6.20 Å². The van der Waals surface area contributed by atoms with Crippen molar-refractivity contribution in [2.75, 3.05) is 19.8 Å². The van der Waals surface area contributed by atoms with Crippen molar-refractivity contribution in [2.45, 2.75) is 51.4 Å². The first-order chi connectivity index (χ1) is 10.2. The van der Waals surface area contributed by atoms with E-state index in [1.54, 1.807) is 6.20 Å². The first kappa shape index (κ1) is 14.6. The molecule has 3 rings (SSSR count). The van der Waals surface area contributed by atoms with Gasteiger partial charge in [-0.1, -0.05) is 24.9 Å². The summed E-state index contributed by atoms with van der Waals surface area (Å²) in [5.41, 5.74) is 0.856. The van der Waals surface area contributed by atoms with Gasteiger partial charge in [-0.15, -0.1) is 0 Å². The molecular weight excluding hydrogens is 268 g/mol. The molecule has 1 saturated heterocycles. The molecule has 2 fully saturated rings. The average Bonchev–Trinajstić information content (AvgIpc) is 3.15. The molecule has 1 aliphatic carbocycles. The van der Waals surface area contributed by atoms with Crippen molar-refractivity contribution in [1.82, 2.24) is 10.5 Å². The Morgan fingerprint density at radius 1 is 1.38 bits per heavy atom. The second kappa shape index (κ2) is 6.18. The lowest BCUT2D eigenvalue weighted by molar-refractivity contribution is 0.0778. The van der Waals surface area contributed by atoms with Crippen LogP contribution in [0.1, 0.15) is 67.5 Å². The molecule has 1 aromatic rings. The number of ether oxygens (including phenoxy) is 1. The molecule has 1 N–H and O–H groups in total. The molecule has 2 heterocycles. The summed E-state index contributed by atoms with van der Waals surface area (Å²) in [6, 6.07) is 0. The maximum Gasteiger partial charge on any atom is 0.256 e. The lowest BCUT2D eigenvalue weighted by atomic mass is 9.88. The molecule has 1 amide bonds. The Morgan fingerprint density at radius 2 is 2.10 bits per heavy atom. The van der Waals surface area contributed by atoms with Crippen LogP contribution < -0.4 is 5.32 Å². The van der Waals surface area contributed by atoms with E-state index >= 15 is 0 Å². The number of carbonyl (C=O) groups is 1. The number of carbonyl (C=O) groups excluding carboxylic acids is 1. The van der Waals surface area contributed by atoms with Gasteiger partial charge in [0.15, 0.2) is 5.76 Å². The van der Waals surface area contributed by atoms with E-state index in [0.717, 1.165) is 38.4 Å². The molecule has 1 aromatic heterocycles. The third-order valence-corrected chi connectivity index (χ3v) is 4.92. The Hall–Kier alpha value is -1.36. The van der Waals surface area contributed by atoms with Crippen LogP contribution in [-0.4, -0.2) is 30.8 Å². The smallest absolute Gasteiger partial charge is 0.256 e. The summed E-state index contributed by atoms with van der Waals surface area (Å²) in [7, 11) is 0. The van der Waals surface area contributed by atoms with E-state index in [-0.39, 0.29) is 17.2 Å². The van der Waals surface area contributed by atoms with Gasteiger partial charge in [0.25, 0.3) is 5.91 Å². The molecule has 0 spiro atoms. The van der Waals surface area contributed by atoms with Crippen LogP contribution in [0.25, 0.3) is 0 Å². The van der Waals surface area contributed by atoms with Gasteiger partial charge < -0.3 is 14.6 Å². The van der Waals surface area contributed by atoms with Crippen LogP contribution in [0, 0.1) is 5.41 Å². The molecule has 0 atom stereocenters. The van der Waals surface area contributed by atoms with Gasteiger partial charge in [-0.25, -0.2) is 0 Å². The Kier molecular flexibility index (Phi) is 4.29. The van der Waals surface area contributed by atoms with Gasteiger partial charge in [0.2, 0.25) is 0 Å². The predicted molar refractivity (Wildman–Crippen MR) is 78.2 cm³/mol. The van der Waals surface area contributed by atoms with E-state index in [1.165, 1.54) is 25.7 Å². The minimum absolute atomic E-state index is 0.0501. The van der Waals surface area contributed by atoms with E-state index < -0.39 is 0 Å². The Bertz CT molecular complexity index is 485. The molecule has 0 bridgehead atoms. The molecule has 0 radical (unpaired) electrons. The Labute approximate surface area is 125 Å². The minimum Gasteiger partial charge on any atom is -0.381 e. The second-order valence-corrected chi connectivity index (χ2v) is 6.69. The van der Waals surface area contributed by atoms with Gasteiger partial charge >= 0.3 is 0 Å². The number of amides is 1. The number of nitrogens with one attached hydrogen (secondary N) is 1. The molecule has 0 aromatic carbocycles. The van der Waals surface area contributed by atoms with E-state index in [1.807, 2.05) is 0 Å². The van der Waals surface area contributed by atoms with Gasteiger partial charge in [0, 0.05) is 25.7 Å².